The normalized spacial score (nSPS) is 6.43. The average Bonchev–Trinajstić information content (AvgIpc) is 1.35. The molecular formula is C2H8GaNO3. The summed E-state index contributed by atoms with van der Waals surface area (Å²) in [7, 11) is 0. The van der Waals surface area contributed by atoms with E-state index in [9.17, 15) is 10.1 Å². The summed E-state index contributed by atoms with van der Waals surface area (Å²) in [5.74, 6) is 0. The summed E-state index contributed by atoms with van der Waals surface area (Å²) in [5, 5.41) is 8.36. The van der Waals surface area contributed by atoms with E-state index in [0.29, 0.717) is 0 Å². The van der Waals surface area contributed by atoms with E-state index >= 15 is 0 Å². The molecule has 0 radical (unpaired) electrons. The molecule has 0 amide bonds. The van der Waals surface area contributed by atoms with Gasteiger partial charge in [-0.05, 0) is 6.92 Å². The molecule has 0 saturated heterocycles. The summed E-state index contributed by atoms with van der Waals surface area (Å²) in [4.78, 5) is 12.9. The molecule has 0 aromatic carbocycles. The van der Waals surface area contributed by atoms with E-state index in [1.807, 2.05) is 0 Å². The van der Waals surface area contributed by atoms with E-state index in [1.54, 1.807) is 6.92 Å². The zero-order valence-corrected chi connectivity index (χ0v) is 3.38. The van der Waals surface area contributed by atoms with Crippen molar-refractivity contribution in [3.63, 3.8) is 0 Å². The number of hydrogen-bond donors (Lipinski definition) is 0. The molecule has 42 valence electrons. The van der Waals surface area contributed by atoms with E-state index in [1.165, 1.54) is 0 Å². The van der Waals surface area contributed by atoms with Crippen molar-refractivity contribution >= 4 is 19.8 Å². The van der Waals surface area contributed by atoms with Gasteiger partial charge in [0.25, 0.3) is 5.09 Å². The molecule has 0 rings (SSSR count). The maximum absolute atomic E-state index is 9.18. The van der Waals surface area contributed by atoms with Crippen LogP contribution in [0.5, 0.6) is 0 Å². The Hall–Kier alpha value is -0.164. The molecule has 0 aliphatic heterocycles. The summed E-state index contributed by atoms with van der Waals surface area (Å²) in [5.41, 5.74) is 0. The van der Waals surface area contributed by atoms with Gasteiger partial charge in [-0.2, -0.15) is 0 Å². The van der Waals surface area contributed by atoms with Crippen molar-refractivity contribution in [3.05, 3.63) is 10.1 Å². The Morgan fingerprint density at radius 2 is 2.29 bits per heavy atom. The fourth-order valence-corrected chi connectivity index (χ4v) is 0.105. The zero-order chi connectivity index (χ0) is 4.99. The molecule has 0 atom stereocenters. The molecule has 0 aromatic heterocycles. The van der Waals surface area contributed by atoms with Gasteiger partial charge in [0.2, 0.25) is 0 Å². The van der Waals surface area contributed by atoms with E-state index < -0.39 is 5.09 Å². The predicted octanol–water partition coefficient (Wildman–Crippen LogP) is -0.969. The average molecular weight is 164 g/mol. The molecule has 0 heterocycles. The van der Waals surface area contributed by atoms with Crippen LogP contribution in [0.15, 0.2) is 0 Å². The molecule has 0 aliphatic carbocycles. The Bertz CT molecular complexity index is 56.9. The fourth-order valence-electron chi connectivity index (χ4n) is 0.105. The zero-order valence-electron chi connectivity index (χ0n) is 3.38. The molecule has 5 heteroatoms. The second kappa shape index (κ2) is 5.84. The summed E-state index contributed by atoms with van der Waals surface area (Å²) in [6.07, 6.45) is 0. The van der Waals surface area contributed by atoms with Crippen LogP contribution in [0.25, 0.3) is 0 Å². The maximum atomic E-state index is 9.18. The first-order valence-corrected chi connectivity index (χ1v) is 1.54. The van der Waals surface area contributed by atoms with Gasteiger partial charge in [0, 0.05) is 0 Å². The van der Waals surface area contributed by atoms with Crippen LogP contribution in [0, 0.1) is 10.1 Å². The molecule has 0 N–H and O–H groups in total. The monoisotopic (exact) mass is 163 g/mol. The van der Waals surface area contributed by atoms with Crippen LogP contribution in [0.2, 0.25) is 0 Å². The van der Waals surface area contributed by atoms with Crippen molar-refractivity contribution in [3.8, 4) is 0 Å². The Kier molecular flexibility index (Phi) is 8.30. The van der Waals surface area contributed by atoms with Gasteiger partial charge >= 0.3 is 19.8 Å². The molecule has 0 aliphatic rings. The fraction of sp³-hybridized carbons (Fsp3) is 1.00. The van der Waals surface area contributed by atoms with Crippen LogP contribution >= 0.6 is 0 Å². The Morgan fingerprint density at radius 3 is 2.29 bits per heavy atom. The number of nitrogens with zero attached hydrogens (tertiary/aromatic N) is 1. The van der Waals surface area contributed by atoms with E-state index in [-0.39, 0.29) is 26.4 Å². The van der Waals surface area contributed by atoms with Gasteiger partial charge in [-0.15, -0.1) is 10.1 Å². The summed E-state index contributed by atoms with van der Waals surface area (Å²) < 4.78 is 0. The molecule has 4 nitrogen and oxygen atoms in total. The minimum absolute atomic E-state index is 0. The molecule has 7 heavy (non-hydrogen) atoms. The van der Waals surface area contributed by atoms with Gasteiger partial charge in [0.1, 0.15) is 0 Å². The Balaban J connectivity index is 0. The van der Waals surface area contributed by atoms with Crippen LogP contribution in [-0.2, 0) is 4.84 Å². The summed E-state index contributed by atoms with van der Waals surface area (Å²) in [6.45, 7) is 1.69. The third-order valence-electron chi connectivity index (χ3n) is 0.235. The third-order valence-corrected chi connectivity index (χ3v) is 0.235. The van der Waals surface area contributed by atoms with Gasteiger partial charge in [-0.25, -0.2) is 0 Å². The van der Waals surface area contributed by atoms with Gasteiger partial charge < -0.3 is 4.84 Å². The van der Waals surface area contributed by atoms with Gasteiger partial charge in [0.05, 0.1) is 6.61 Å². The number of hydrogen-bond acceptors (Lipinski definition) is 3. The summed E-state index contributed by atoms with van der Waals surface area (Å²) >= 11 is 0. The predicted molar refractivity (Wildman–Crippen MR) is 28.6 cm³/mol. The first kappa shape index (κ1) is 9.96. The van der Waals surface area contributed by atoms with Crippen molar-refractivity contribution in [1.29, 1.82) is 0 Å². The van der Waals surface area contributed by atoms with Crippen molar-refractivity contribution in [2.75, 3.05) is 6.61 Å². The number of rotatable bonds is 2. The van der Waals surface area contributed by atoms with Gasteiger partial charge in [-0.1, -0.05) is 0 Å². The van der Waals surface area contributed by atoms with Gasteiger partial charge in [-0.3, -0.25) is 0 Å². The van der Waals surface area contributed by atoms with E-state index in [0.717, 1.165) is 0 Å². The Labute approximate surface area is 54.0 Å². The van der Waals surface area contributed by atoms with Crippen LogP contribution in [-0.4, -0.2) is 31.5 Å². The summed E-state index contributed by atoms with van der Waals surface area (Å²) in [6, 6.07) is 0. The van der Waals surface area contributed by atoms with Crippen molar-refractivity contribution in [2.24, 2.45) is 0 Å². The van der Waals surface area contributed by atoms with E-state index in [4.69, 9.17) is 0 Å². The quantitative estimate of drug-likeness (QED) is 0.299. The van der Waals surface area contributed by atoms with Crippen LogP contribution < -0.4 is 0 Å². The van der Waals surface area contributed by atoms with Crippen LogP contribution in [0.1, 0.15) is 6.92 Å². The van der Waals surface area contributed by atoms with Crippen LogP contribution in [0.4, 0.5) is 0 Å². The van der Waals surface area contributed by atoms with Crippen molar-refractivity contribution in [1.82, 2.24) is 0 Å². The third kappa shape index (κ3) is 10.7. The minimum atomic E-state index is -0.819. The molecule has 0 spiro atoms. The molecule has 0 aromatic rings. The second-order valence-electron chi connectivity index (χ2n) is 0.641. The second-order valence-corrected chi connectivity index (χ2v) is 0.641. The van der Waals surface area contributed by atoms with Crippen LogP contribution in [0.3, 0.4) is 0 Å². The molecular weight excluding hydrogens is 156 g/mol. The topological polar surface area (TPSA) is 52.4 Å². The van der Waals surface area contributed by atoms with Gasteiger partial charge in [0.15, 0.2) is 0 Å². The standard InChI is InChI=1S/C2H5NO3.Ga.3H/c1-2-6-3(4)5;;;;/h2H2,1H3;;;;. The molecule has 0 fully saturated rings. The van der Waals surface area contributed by atoms with Crippen molar-refractivity contribution < 1.29 is 9.92 Å². The Morgan fingerprint density at radius 1 is 1.86 bits per heavy atom. The molecule has 0 unspecified atom stereocenters. The molecule has 0 bridgehead atoms. The first-order chi connectivity index (χ1) is 2.77. The van der Waals surface area contributed by atoms with Crippen molar-refractivity contribution in [2.45, 2.75) is 6.92 Å². The van der Waals surface area contributed by atoms with E-state index in [2.05, 4.69) is 4.84 Å². The SMILES string of the molecule is CCO[N+](=O)[O-].[GaH3]. The first-order valence-electron chi connectivity index (χ1n) is 1.54. The molecule has 0 saturated carbocycles.